The summed E-state index contributed by atoms with van der Waals surface area (Å²) in [5.41, 5.74) is 0.877. The average molecular weight is 354 g/mol. The van der Waals surface area contributed by atoms with E-state index in [4.69, 9.17) is 9.47 Å². The summed E-state index contributed by atoms with van der Waals surface area (Å²) < 4.78 is 10.8. The van der Waals surface area contributed by atoms with Crippen molar-refractivity contribution in [1.29, 1.82) is 0 Å². The smallest absolute Gasteiger partial charge is 0.230 e. The molecule has 2 aliphatic rings. The van der Waals surface area contributed by atoms with E-state index in [9.17, 15) is 4.79 Å². The van der Waals surface area contributed by atoms with Gasteiger partial charge < -0.3 is 19.3 Å². The molecule has 4 rings (SSSR count). The highest BCUT2D eigenvalue weighted by Crippen LogP contribution is 2.33. The number of nitrogens with zero attached hydrogens (tertiary/aromatic N) is 4. The normalized spacial score (nSPS) is 17.4. The molecule has 1 aromatic carbocycles. The summed E-state index contributed by atoms with van der Waals surface area (Å²) in [7, 11) is 1.59. The lowest BCUT2D eigenvalue weighted by atomic mass is 9.95. The van der Waals surface area contributed by atoms with Crippen molar-refractivity contribution >= 4 is 17.5 Å². The number of benzene rings is 1. The molecule has 7 nitrogen and oxygen atoms in total. The molecule has 0 bridgehead atoms. The molecule has 26 heavy (non-hydrogen) atoms. The van der Waals surface area contributed by atoms with Crippen LogP contribution in [-0.2, 0) is 4.79 Å². The first kappa shape index (κ1) is 16.6. The van der Waals surface area contributed by atoms with Gasteiger partial charge in [0.25, 0.3) is 0 Å². The minimum atomic E-state index is 0.0167. The van der Waals surface area contributed by atoms with Gasteiger partial charge in [0, 0.05) is 31.3 Å². The summed E-state index contributed by atoms with van der Waals surface area (Å²) >= 11 is 0. The number of carbonyl (C=O) groups is 1. The number of para-hydroxylation sites is 2. The van der Waals surface area contributed by atoms with Gasteiger partial charge in [-0.1, -0.05) is 12.1 Å². The van der Waals surface area contributed by atoms with Crippen LogP contribution in [0.4, 0.5) is 11.6 Å². The maximum atomic E-state index is 13.1. The Kier molecular flexibility index (Phi) is 4.60. The molecule has 0 saturated carbocycles. The van der Waals surface area contributed by atoms with Gasteiger partial charge in [-0.15, -0.1) is 0 Å². The number of rotatable bonds is 3. The van der Waals surface area contributed by atoms with E-state index in [1.807, 2.05) is 29.2 Å². The fraction of sp³-hybridized carbons (Fsp3) is 0.421. The Labute approximate surface area is 152 Å². The molecule has 136 valence electrons. The van der Waals surface area contributed by atoms with E-state index in [2.05, 4.69) is 14.9 Å². The number of piperidine rings is 1. The Morgan fingerprint density at radius 1 is 1.19 bits per heavy atom. The van der Waals surface area contributed by atoms with Crippen molar-refractivity contribution in [2.24, 2.45) is 5.92 Å². The Morgan fingerprint density at radius 2 is 2.00 bits per heavy atom. The van der Waals surface area contributed by atoms with Crippen LogP contribution >= 0.6 is 0 Å². The molecule has 0 radical (unpaired) electrons. The monoisotopic (exact) mass is 354 g/mol. The second-order valence-electron chi connectivity index (χ2n) is 6.47. The molecule has 3 heterocycles. The minimum absolute atomic E-state index is 0.0167. The number of amides is 1. The van der Waals surface area contributed by atoms with Gasteiger partial charge in [0.1, 0.15) is 12.4 Å². The molecule has 0 atom stereocenters. The Morgan fingerprint density at radius 3 is 2.81 bits per heavy atom. The highest BCUT2D eigenvalue weighted by Gasteiger charge is 2.32. The predicted octanol–water partition coefficient (Wildman–Crippen LogP) is 2.13. The Bertz CT molecular complexity index is 790. The molecule has 1 saturated heterocycles. The van der Waals surface area contributed by atoms with Crippen LogP contribution in [0, 0.1) is 5.92 Å². The number of anilines is 2. The van der Waals surface area contributed by atoms with Crippen LogP contribution in [0.25, 0.3) is 0 Å². The largest absolute Gasteiger partial charge is 0.490 e. The molecular weight excluding hydrogens is 332 g/mol. The number of hydrogen-bond acceptors (Lipinski definition) is 6. The first-order valence-corrected chi connectivity index (χ1v) is 8.91. The maximum absolute atomic E-state index is 13.1. The summed E-state index contributed by atoms with van der Waals surface area (Å²) in [4.78, 5) is 25.8. The van der Waals surface area contributed by atoms with Gasteiger partial charge in [-0.3, -0.25) is 4.79 Å². The number of methoxy groups -OCH3 is 1. The van der Waals surface area contributed by atoms with Crippen LogP contribution in [-0.4, -0.2) is 49.2 Å². The van der Waals surface area contributed by atoms with Crippen LogP contribution in [0.5, 0.6) is 11.6 Å². The van der Waals surface area contributed by atoms with Crippen LogP contribution in [0.2, 0.25) is 0 Å². The maximum Gasteiger partial charge on any atom is 0.230 e. The highest BCUT2D eigenvalue weighted by atomic mass is 16.5. The summed E-state index contributed by atoms with van der Waals surface area (Å²) in [6, 6.07) is 9.47. The van der Waals surface area contributed by atoms with E-state index >= 15 is 0 Å². The number of hydrogen-bond donors (Lipinski definition) is 0. The Balaban J connectivity index is 1.43. The molecular formula is C19H22N4O3. The first-order valence-electron chi connectivity index (χ1n) is 8.91. The van der Waals surface area contributed by atoms with Gasteiger partial charge in [0.15, 0.2) is 0 Å². The molecule has 1 aromatic heterocycles. The zero-order valence-electron chi connectivity index (χ0n) is 14.8. The number of carbonyl (C=O) groups excluding carboxylic acids is 1. The van der Waals surface area contributed by atoms with Crippen LogP contribution < -0.4 is 19.3 Å². The zero-order valence-corrected chi connectivity index (χ0v) is 14.8. The summed E-state index contributed by atoms with van der Waals surface area (Å²) in [6.07, 6.45) is 3.28. The lowest BCUT2D eigenvalue weighted by molar-refractivity contribution is -0.123. The molecule has 0 N–H and O–H groups in total. The number of fused-ring (bicyclic) bond motifs is 1. The van der Waals surface area contributed by atoms with Crippen molar-refractivity contribution in [2.45, 2.75) is 12.8 Å². The highest BCUT2D eigenvalue weighted by molar-refractivity contribution is 5.97. The predicted molar refractivity (Wildman–Crippen MR) is 97.8 cm³/mol. The number of aromatic nitrogens is 2. The third-order valence-corrected chi connectivity index (χ3v) is 4.95. The van der Waals surface area contributed by atoms with Crippen LogP contribution in [0.15, 0.2) is 36.5 Å². The Hall–Kier alpha value is -2.83. The number of ether oxygens (including phenoxy) is 2. The van der Waals surface area contributed by atoms with Crippen molar-refractivity contribution in [3.05, 3.63) is 36.5 Å². The summed E-state index contributed by atoms with van der Waals surface area (Å²) in [6.45, 7) is 2.67. The lowest BCUT2D eigenvalue weighted by Crippen LogP contribution is -2.45. The van der Waals surface area contributed by atoms with Crippen molar-refractivity contribution in [1.82, 2.24) is 9.97 Å². The van der Waals surface area contributed by atoms with Gasteiger partial charge in [-0.2, -0.15) is 4.98 Å². The average Bonchev–Trinajstić information content (AvgIpc) is 2.73. The fourth-order valence-electron chi connectivity index (χ4n) is 3.54. The van der Waals surface area contributed by atoms with Crippen molar-refractivity contribution in [2.75, 3.05) is 43.2 Å². The fourth-order valence-corrected chi connectivity index (χ4v) is 3.54. The van der Waals surface area contributed by atoms with Gasteiger partial charge in [-0.05, 0) is 25.0 Å². The van der Waals surface area contributed by atoms with Gasteiger partial charge in [-0.25, -0.2) is 4.98 Å². The molecule has 1 amide bonds. The lowest BCUT2D eigenvalue weighted by Gasteiger charge is -2.36. The molecule has 2 aliphatic heterocycles. The second kappa shape index (κ2) is 7.19. The van der Waals surface area contributed by atoms with Crippen molar-refractivity contribution < 1.29 is 14.3 Å². The van der Waals surface area contributed by atoms with E-state index in [0.717, 1.165) is 37.4 Å². The van der Waals surface area contributed by atoms with Crippen LogP contribution in [0.1, 0.15) is 12.8 Å². The molecule has 0 unspecified atom stereocenters. The molecule has 0 aliphatic carbocycles. The van der Waals surface area contributed by atoms with Crippen molar-refractivity contribution in [3.63, 3.8) is 0 Å². The minimum Gasteiger partial charge on any atom is -0.490 e. The second-order valence-corrected chi connectivity index (χ2v) is 6.47. The van der Waals surface area contributed by atoms with Crippen molar-refractivity contribution in [3.8, 4) is 11.6 Å². The van der Waals surface area contributed by atoms with Crippen LogP contribution in [0.3, 0.4) is 0 Å². The third-order valence-electron chi connectivity index (χ3n) is 4.95. The summed E-state index contributed by atoms with van der Waals surface area (Å²) in [5, 5.41) is 0. The molecule has 0 spiro atoms. The standard InChI is InChI=1S/C19H22N4O3/c1-25-17-6-9-20-19(21-17)22-10-7-14(8-11-22)18(24)23-12-13-26-16-5-3-2-4-15(16)23/h2-6,9,14H,7-8,10-13H2,1H3. The third kappa shape index (κ3) is 3.16. The van der Waals surface area contributed by atoms with E-state index < -0.39 is 0 Å². The van der Waals surface area contributed by atoms with E-state index in [-0.39, 0.29) is 11.8 Å². The topological polar surface area (TPSA) is 67.8 Å². The SMILES string of the molecule is COc1ccnc(N2CCC(C(=O)N3CCOc4ccccc43)CC2)n1. The molecule has 7 heteroatoms. The quantitative estimate of drug-likeness (QED) is 0.841. The van der Waals surface area contributed by atoms with Gasteiger partial charge in [0.2, 0.25) is 17.7 Å². The van der Waals surface area contributed by atoms with Gasteiger partial charge >= 0.3 is 0 Å². The van der Waals surface area contributed by atoms with Gasteiger partial charge in [0.05, 0.1) is 19.3 Å². The van der Waals surface area contributed by atoms with E-state index in [1.54, 1.807) is 19.4 Å². The first-order chi connectivity index (χ1) is 12.8. The molecule has 1 fully saturated rings. The zero-order chi connectivity index (χ0) is 17.9. The summed E-state index contributed by atoms with van der Waals surface area (Å²) in [5.74, 6) is 2.20. The van der Waals surface area contributed by atoms with E-state index in [0.29, 0.717) is 25.0 Å². The van der Waals surface area contributed by atoms with E-state index in [1.165, 1.54) is 0 Å². The molecule has 2 aromatic rings.